The molecule has 2 heteroatoms. The summed E-state index contributed by atoms with van der Waals surface area (Å²) in [6.07, 6.45) is 7.11. The lowest BCUT2D eigenvalue weighted by Crippen LogP contribution is -2.46. The molecule has 0 spiro atoms. The second-order valence-electron chi connectivity index (χ2n) is 6.97. The van der Waals surface area contributed by atoms with Gasteiger partial charge in [-0.2, -0.15) is 0 Å². The molecule has 0 saturated heterocycles. The van der Waals surface area contributed by atoms with Crippen molar-refractivity contribution in [1.29, 1.82) is 0 Å². The van der Waals surface area contributed by atoms with Gasteiger partial charge in [0, 0.05) is 6.04 Å². The number of hydrogen-bond acceptors (Lipinski definition) is 2. The fourth-order valence-corrected chi connectivity index (χ4v) is 2.96. The Kier molecular flexibility index (Phi) is 5.09. The molecule has 2 atom stereocenters. The van der Waals surface area contributed by atoms with Crippen LogP contribution in [-0.2, 0) is 6.42 Å². The number of nitrogens with two attached hydrogens (primary N) is 1. The minimum atomic E-state index is 0.153. The van der Waals surface area contributed by atoms with Crippen molar-refractivity contribution in [1.82, 2.24) is 0 Å². The van der Waals surface area contributed by atoms with Crippen LogP contribution >= 0.6 is 0 Å². The van der Waals surface area contributed by atoms with E-state index in [0.717, 1.165) is 25.0 Å². The molecule has 0 amide bonds. The average Bonchev–Trinajstić information content (AvgIpc) is 2.42. The van der Waals surface area contributed by atoms with E-state index >= 15 is 0 Å². The SMILES string of the molecule is CCCCc1ccc(OC2CC(C)(C)CCC2N)cc1. The highest BCUT2D eigenvalue weighted by Crippen LogP contribution is 2.36. The van der Waals surface area contributed by atoms with Crippen molar-refractivity contribution in [3.8, 4) is 5.75 Å². The molecule has 1 aromatic rings. The first-order chi connectivity index (χ1) is 9.50. The van der Waals surface area contributed by atoms with Gasteiger partial charge >= 0.3 is 0 Å². The van der Waals surface area contributed by atoms with Crippen LogP contribution in [0.3, 0.4) is 0 Å². The van der Waals surface area contributed by atoms with Gasteiger partial charge in [0.05, 0.1) is 0 Å². The lowest BCUT2D eigenvalue weighted by atomic mass is 9.74. The van der Waals surface area contributed by atoms with Crippen molar-refractivity contribution in [2.75, 3.05) is 0 Å². The van der Waals surface area contributed by atoms with Gasteiger partial charge in [0.15, 0.2) is 0 Å². The molecule has 2 nitrogen and oxygen atoms in total. The minimum absolute atomic E-state index is 0.153. The smallest absolute Gasteiger partial charge is 0.119 e. The Bertz CT molecular complexity index is 410. The fraction of sp³-hybridized carbons (Fsp3) is 0.667. The molecule has 0 heterocycles. The van der Waals surface area contributed by atoms with E-state index < -0.39 is 0 Å². The second kappa shape index (κ2) is 6.62. The maximum absolute atomic E-state index is 6.22. The molecule has 20 heavy (non-hydrogen) atoms. The van der Waals surface area contributed by atoms with Crippen LogP contribution in [0.1, 0.15) is 58.4 Å². The Balaban J connectivity index is 1.95. The molecule has 112 valence electrons. The Morgan fingerprint density at radius 3 is 2.60 bits per heavy atom. The topological polar surface area (TPSA) is 35.2 Å². The van der Waals surface area contributed by atoms with E-state index in [0.29, 0.717) is 5.41 Å². The summed E-state index contributed by atoms with van der Waals surface area (Å²) >= 11 is 0. The van der Waals surface area contributed by atoms with Crippen molar-refractivity contribution >= 4 is 0 Å². The quantitative estimate of drug-likeness (QED) is 0.869. The maximum Gasteiger partial charge on any atom is 0.119 e. The molecule has 0 radical (unpaired) electrons. The zero-order chi connectivity index (χ0) is 14.6. The molecule has 1 aliphatic rings. The molecule has 0 bridgehead atoms. The second-order valence-corrected chi connectivity index (χ2v) is 6.97. The summed E-state index contributed by atoms with van der Waals surface area (Å²) in [5, 5.41) is 0. The number of rotatable bonds is 5. The Morgan fingerprint density at radius 2 is 1.95 bits per heavy atom. The van der Waals surface area contributed by atoms with E-state index in [1.165, 1.54) is 24.8 Å². The number of unbranched alkanes of at least 4 members (excludes halogenated alkanes) is 1. The number of aryl methyl sites for hydroxylation is 1. The van der Waals surface area contributed by atoms with Crippen LogP contribution in [0.15, 0.2) is 24.3 Å². The highest BCUT2D eigenvalue weighted by Gasteiger charge is 2.34. The van der Waals surface area contributed by atoms with Crippen LogP contribution in [0.4, 0.5) is 0 Å². The highest BCUT2D eigenvalue weighted by molar-refractivity contribution is 5.27. The molecule has 1 aromatic carbocycles. The van der Waals surface area contributed by atoms with Gasteiger partial charge in [-0.05, 0) is 55.2 Å². The molecule has 1 saturated carbocycles. The van der Waals surface area contributed by atoms with Gasteiger partial charge < -0.3 is 10.5 Å². The van der Waals surface area contributed by atoms with E-state index in [-0.39, 0.29) is 12.1 Å². The normalized spacial score (nSPS) is 25.4. The first-order valence-electron chi connectivity index (χ1n) is 8.01. The Hall–Kier alpha value is -1.02. The third-order valence-corrected chi connectivity index (χ3v) is 4.42. The molecular weight excluding hydrogens is 246 g/mol. The maximum atomic E-state index is 6.22. The first kappa shape index (κ1) is 15.4. The van der Waals surface area contributed by atoms with Gasteiger partial charge in [0.1, 0.15) is 11.9 Å². The molecule has 2 unspecified atom stereocenters. The number of benzene rings is 1. The fourth-order valence-electron chi connectivity index (χ4n) is 2.96. The third-order valence-electron chi connectivity index (χ3n) is 4.42. The van der Waals surface area contributed by atoms with E-state index in [9.17, 15) is 0 Å². The van der Waals surface area contributed by atoms with Gasteiger partial charge in [-0.15, -0.1) is 0 Å². The summed E-state index contributed by atoms with van der Waals surface area (Å²) < 4.78 is 6.14. The van der Waals surface area contributed by atoms with E-state index in [2.05, 4.69) is 45.0 Å². The zero-order valence-electron chi connectivity index (χ0n) is 13.2. The molecule has 0 aromatic heterocycles. The average molecular weight is 275 g/mol. The van der Waals surface area contributed by atoms with Crippen LogP contribution in [0.2, 0.25) is 0 Å². The molecule has 2 rings (SSSR count). The van der Waals surface area contributed by atoms with Crippen molar-refractivity contribution < 1.29 is 4.74 Å². The summed E-state index contributed by atoms with van der Waals surface area (Å²) in [7, 11) is 0. The van der Waals surface area contributed by atoms with Crippen LogP contribution in [0.5, 0.6) is 5.75 Å². The van der Waals surface area contributed by atoms with Crippen molar-refractivity contribution in [3.63, 3.8) is 0 Å². The largest absolute Gasteiger partial charge is 0.489 e. The monoisotopic (exact) mass is 275 g/mol. The van der Waals surface area contributed by atoms with Crippen molar-refractivity contribution in [2.24, 2.45) is 11.1 Å². The highest BCUT2D eigenvalue weighted by atomic mass is 16.5. The van der Waals surface area contributed by atoms with Crippen LogP contribution in [0, 0.1) is 5.41 Å². The van der Waals surface area contributed by atoms with Crippen molar-refractivity contribution in [3.05, 3.63) is 29.8 Å². The van der Waals surface area contributed by atoms with Gasteiger partial charge in [-0.25, -0.2) is 0 Å². The van der Waals surface area contributed by atoms with Gasteiger partial charge in [0.25, 0.3) is 0 Å². The van der Waals surface area contributed by atoms with Gasteiger partial charge in [-0.1, -0.05) is 39.3 Å². The summed E-state index contributed by atoms with van der Waals surface area (Å²) in [5.74, 6) is 0.961. The van der Waals surface area contributed by atoms with E-state index in [4.69, 9.17) is 10.5 Å². The van der Waals surface area contributed by atoms with Gasteiger partial charge in [0.2, 0.25) is 0 Å². The Labute approximate surface area is 123 Å². The predicted octanol–water partition coefficient (Wildman–Crippen LogP) is 4.31. The number of ether oxygens (including phenoxy) is 1. The van der Waals surface area contributed by atoms with E-state index in [1.54, 1.807) is 0 Å². The summed E-state index contributed by atoms with van der Waals surface area (Å²) in [6, 6.07) is 8.73. The Morgan fingerprint density at radius 1 is 1.25 bits per heavy atom. The summed E-state index contributed by atoms with van der Waals surface area (Å²) in [5.41, 5.74) is 7.96. The first-order valence-corrected chi connectivity index (χ1v) is 8.01. The summed E-state index contributed by atoms with van der Waals surface area (Å²) in [6.45, 7) is 6.84. The molecule has 1 aliphatic carbocycles. The van der Waals surface area contributed by atoms with Gasteiger partial charge in [-0.3, -0.25) is 0 Å². The molecule has 1 fully saturated rings. The lowest BCUT2D eigenvalue weighted by molar-refractivity contribution is 0.0669. The predicted molar refractivity (Wildman–Crippen MR) is 85.1 cm³/mol. The van der Waals surface area contributed by atoms with E-state index in [1.807, 2.05) is 0 Å². The standard InChI is InChI=1S/C18H29NO/c1-4-5-6-14-7-9-15(10-8-14)20-17-13-18(2,3)12-11-16(17)19/h7-10,16-17H,4-6,11-13,19H2,1-3H3. The van der Waals surface area contributed by atoms with Crippen LogP contribution in [-0.4, -0.2) is 12.1 Å². The molecular formula is C18H29NO. The van der Waals surface area contributed by atoms with Crippen molar-refractivity contribution in [2.45, 2.75) is 71.4 Å². The molecule has 2 N–H and O–H groups in total. The number of hydrogen-bond donors (Lipinski definition) is 1. The summed E-state index contributed by atoms with van der Waals surface area (Å²) in [4.78, 5) is 0. The van der Waals surface area contributed by atoms with Crippen LogP contribution in [0.25, 0.3) is 0 Å². The van der Waals surface area contributed by atoms with Crippen LogP contribution < -0.4 is 10.5 Å². The molecule has 0 aliphatic heterocycles. The zero-order valence-corrected chi connectivity index (χ0v) is 13.2. The third kappa shape index (κ3) is 4.24. The minimum Gasteiger partial charge on any atom is -0.489 e. The lowest BCUT2D eigenvalue weighted by Gasteiger charge is -2.39.